The number of non-ortho nitro benzene ring substituents is 1. The van der Waals surface area contributed by atoms with E-state index in [0.29, 0.717) is 17.1 Å². The van der Waals surface area contributed by atoms with E-state index in [2.05, 4.69) is 5.32 Å². The molecular formula is C19H15N3O6. The molecule has 1 fully saturated rings. The second-order valence-corrected chi connectivity index (χ2v) is 5.94. The Morgan fingerprint density at radius 3 is 2.21 bits per heavy atom. The van der Waals surface area contributed by atoms with Crippen LogP contribution in [-0.4, -0.2) is 34.1 Å². The van der Waals surface area contributed by atoms with E-state index in [1.54, 1.807) is 24.3 Å². The summed E-state index contributed by atoms with van der Waals surface area (Å²) in [6.07, 6.45) is 1.46. The molecule has 28 heavy (non-hydrogen) atoms. The van der Waals surface area contributed by atoms with Gasteiger partial charge in [0.1, 0.15) is 23.7 Å². The maximum atomic E-state index is 12.2. The Balaban J connectivity index is 1.74. The average Bonchev–Trinajstić information content (AvgIpc) is 2.66. The highest BCUT2D eigenvalue weighted by molar-refractivity contribution is 6.12. The summed E-state index contributed by atoms with van der Waals surface area (Å²) in [7, 11) is 0. The maximum absolute atomic E-state index is 12.2. The molecule has 9 nitrogen and oxygen atoms in total. The number of nitro groups is 1. The number of rotatable bonds is 4. The normalized spacial score (nSPS) is 15.3. The molecule has 0 saturated carbocycles. The Labute approximate surface area is 159 Å². The standard InChI is InChI=1S/C19H15N3O6/c1-12(23)21-11-18(24)20-17(19(21)25)10-13-2-6-15(7-3-13)28-16-8-4-14(5-9-16)22(26)27/h2-10H,11H2,1H3,(H,20,24)/b17-10+. The number of nitrogens with one attached hydrogen (secondary N) is 1. The van der Waals surface area contributed by atoms with Crippen LogP contribution >= 0.6 is 0 Å². The van der Waals surface area contributed by atoms with Crippen molar-refractivity contribution in [3.05, 3.63) is 69.9 Å². The van der Waals surface area contributed by atoms with Gasteiger partial charge in [-0.05, 0) is 35.9 Å². The van der Waals surface area contributed by atoms with Gasteiger partial charge in [-0.15, -0.1) is 0 Å². The predicted molar refractivity (Wildman–Crippen MR) is 98.1 cm³/mol. The van der Waals surface area contributed by atoms with Crippen LogP contribution in [-0.2, 0) is 14.4 Å². The van der Waals surface area contributed by atoms with E-state index in [9.17, 15) is 24.5 Å². The van der Waals surface area contributed by atoms with Gasteiger partial charge in [-0.25, -0.2) is 0 Å². The zero-order valence-electron chi connectivity index (χ0n) is 14.7. The van der Waals surface area contributed by atoms with Crippen LogP contribution in [0, 0.1) is 10.1 Å². The summed E-state index contributed by atoms with van der Waals surface area (Å²) in [6.45, 7) is 0.923. The quantitative estimate of drug-likeness (QED) is 0.493. The number of benzene rings is 2. The molecule has 1 aliphatic rings. The number of ether oxygens (including phenoxy) is 1. The van der Waals surface area contributed by atoms with Crippen molar-refractivity contribution in [2.24, 2.45) is 0 Å². The molecule has 3 rings (SSSR count). The van der Waals surface area contributed by atoms with Gasteiger partial charge in [0.15, 0.2) is 0 Å². The lowest BCUT2D eigenvalue weighted by atomic mass is 10.1. The molecule has 0 aliphatic carbocycles. The molecule has 1 aliphatic heterocycles. The second-order valence-electron chi connectivity index (χ2n) is 5.94. The fourth-order valence-corrected chi connectivity index (χ4v) is 2.53. The van der Waals surface area contributed by atoms with Gasteiger partial charge in [0.2, 0.25) is 11.8 Å². The number of hydrogen-bond donors (Lipinski definition) is 1. The van der Waals surface area contributed by atoms with Crippen molar-refractivity contribution in [1.82, 2.24) is 10.2 Å². The average molecular weight is 381 g/mol. The molecule has 2 aromatic rings. The van der Waals surface area contributed by atoms with Crippen LogP contribution in [0.4, 0.5) is 5.69 Å². The lowest BCUT2D eigenvalue weighted by Crippen LogP contribution is -2.51. The predicted octanol–water partition coefficient (Wildman–Crippen LogP) is 2.23. The van der Waals surface area contributed by atoms with Crippen molar-refractivity contribution in [3.8, 4) is 11.5 Å². The van der Waals surface area contributed by atoms with Gasteiger partial charge >= 0.3 is 0 Å². The topological polar surface area (TPSA) is 119 Å². The van der Waals surface area contributed by atoms with E-state index in [1.165, 1.54) is 37.3 Å². The fourth-order valence-electron chi connectivity index (χ4n) is 2.53. The van der Waals surface area contributed by atoms with Crippen LogP contribution in [0.25, 0.3) is 6.08 Å². The van der Waals surface area contributed by atoms with Crippen LogP contribution in [0.2, 0.25) is 0 Å². The number of nitro benzene ring substituents is 1. The first-order chi connectivity index (χ1) is 13.3. The lowest BCUT2D eigenvalue weighted by molar-refractivity contribution is -0.384. The SMILES string of the molecule is CC(=O)N1CC(=O)N/C(=C/c2ccc(Oc3ccc([N+](=O)[O-])cc3)cc2)C1=O. The summed E-state index contributed by atoms with van der Waals surface area (Å²) >= 11 is 0. The highest BCUT2D eigenvalue weighted by atomic mass is 16.6. The van der Waals surface area contributed by atoms with E-state index in [1.807, 2.05) is 0 Å². The molecule has 2 aromatic carbocycles. The van der Waals surface area contributed by atoms with Crippen molar-refractivity contribution in [2.45, 2.75) is 6.92 Å². The van der Waals surface area contributed by atoms with Gasteiger partial charge in [-0.3, -0.25) is 29.4 Å². The molecule has 1 heterocycles. The molecule has 0 spiro atoms. The minimum absolute atomic E-state index is 0.00971. The molecule has 1 N–H and O–H groups in total. The Kier molecular flexibility index (Phi) is 5.16. The summed E-state index contributed by atoms with van der Waals surface area (Å²) in [5.74, 6) is -0.598. The Hall–Kier alpha value is -4.01. The first kappa shape index (κ1) is 18.8. The van der Waals surface area contributed by atoms with Crippen LogP contribution in [0.5, 0.6) is 11.5 Å². The third-order valence-electron chi connectivity index (χ3n) is 3.91. The van der Waals surface area contributed by atoms with Crippen molar-refractivity contribution >= 4 is 29.5 Å². The van der Waals surface area contributed by atoms with E-state index in [4.69, 9.17) is 4.74 Å². The Morgan fingerprint density at radius 1 is 1.11 bits per heavy atom. The van der Waals surface area contributed by atoms with Gasteiger partial charge < -0.3 is 10.1 Å². The van der Waals surface area contributed by atoms with E-state index in [0.717, 1.165) is 4.90 Å². The molecular weight excluding hydrogens is 366 g/mol. The van der Waals surface area contributed by atoms with Gasteiger partial charge in [0.25, 0.3) is 11.6 Å². The van der Waals surface area contributed by atoms with Crippen LogP contribution < -0.4 is 10.1 Å². The lowest BCUT2D eigenvalue weighted by Gasteiger charge is -2.25. The zero-order valence-corrected chi connectivity index (χ0v) is 14.7. The highest BCUT2D eigenvalue weighted by Gasteiger charge is 2.30. The number of imide groups is 1. The van der Waals surface area contributed by atoms with Gasteiger partial charge in [-0.2, -0.15) is 0 Å². The van der Waals surface area contributed by atoms with Crippen LogP contribution in [0.15, 0.2) is 54.2 Å². The van der Waals surface area contributed by atoms with E-state index >= 15 is 0 Å². The van der Waals surface area contributed by atoms with Gasteiger partial charge in [0, 0.05) is 19.1 Å². The minimum Gasteiger partial charge on any atom is -0.457 e. The molecule has 0 bridgehead atoms. The van der Waals surface area contributed by atoms with E-state index in [-0.39, 0.29) is 17.9 Å². The minimum atomic E-state index is -0.571. The summed E-state index contributed by atoms with van der Waals surface area (Å²) in [5.41, 5.74) is 0.591. The third-order valence-corrected chi connectivity index (χ3v) is 3.91. The smallest absolute Gasteiger partial charge is 0.277 e. The van der Waals surface area contributed by atoms with Gasteiger partial charge in [-0.1, -0.05) is 12.1 Å². The van der Waals surface area contributed by atoms with Crippen molar-refractivity contribution in [2.75, 3.05) is 6.54 Å². The molecule has 0 atom stereocenters. The second kappa shape index (κ2) is 7.70. The van der Waals surface area contributed by atoms with Crippen molar-refractivity contribution < 1.29 is 24.0 Å². The van der Waals surface area contributed by atoms with Crippen LogP contribution in [0.3, 0.4) is 0 Å². The maximum Gasteiger partial charge on any atom is 0.277 e. The highest BCUT2D eigenvalue weighted by Crippen LogP contribution is 2.24. The molecule has 0 unspecified atom stereocenters. The zero-order chi connectivity index (χ0) is 20.3. The summed E-state index contributed by atoms with van der Waals surface area (Å²) in [5, 5.41) is 13.1. The number of amides is 3. The van der Waals surface area contributed by atoms with Crippen molar-refractivity contribution in [1.29, 1.82) is 0 Å². The number of nitrogens with zero attached hydrogens (tertiary/aromatic N) is 2. The molecule has 1 saturated heterocycles. The number of piperazine rings is 1. The molecule has 9 heteroatoms. The number of carbonyl (C=O) groups is 3. The molecule has 0 aromatic heterocycles. The fraction of sp³-hybridized carbons (Fsp3) is 0.105. The van der Waals surface area contributed by atoms with Crippen molar-refractivity contribution in [3.63, 3.8) is 0 Å². The third kappa shape index (κ3) is 4.21. The largest absolute Gasteiger partial charge is 0.457 e. The number of carbonyl (C=O) groups excluding carboxylic acids is 3. The summed E-state index contributed by atoms with van der Waals surface area (Å²) in [6, 6.07) is 12.3. The Morgan fingerprint density at radius 2 is 1.68 bits per heavy atom. The molecule has 3 amide bonds. The van der Waals surface area contributed by atoms with E-state index < -0.39 is 22.6 Å². The monoisotopic (exact) mass is 381 g/mol. The number of hydrogen-bond acceptors (Lipinski definition) is 6. The first-order valence-corrected chi connectivity index (χ1v) is 8.20. The first-order valence-electron chi connectivity index (χ1n) is 8.20. The summed E-state index contributed by atoms with van der Waals surface area (Å²) in [4.78, 5) is 46.4. The molecule has 142 valence electrons. The molecule has 0 radical (unpaired) electrons. The Bertz CT molecular complexity index is 980. The summed E-state index contributed by atoms with van der Waals surface area (Å²) < 4.78 is 5.61. The van der Waals surface area contributed by atoms with Crippen LogP contribution in [0.1, 0.15) is 12.5 Å². The van der Waals surface area contributed by atoms with Gasteiger partial charge in [0.05, 0.1) is 4.92 Å².